The average molecular weight is 285 g/mol. The highest BCUT2D eigenvalue weighted by molar-refractivity contribution is 7.89. The van der Waals surface area contributed by atoms with Crippen molar-refractivity contribution >= 4 is 10.0 Å². The van der Waals surface area contributed by atoms with Crippen molar-refractivity contribution < 1.29 is 13.5 Å². The van der Waals surface area contributed by atoms with Gasteiger partial charge in [0.2, 0.25) is 10.0 Å². The van der Waals surface area contributed by atoms with Crippen LogP contribution in [0.3, 0.4) is 0 Å². The molecule has 0 saturated heterocycles. The lowest BCUT2D eigenvalue weighted by Crippen LogP contribution is -2.40. The Hall–Kier alpha value is -0.910. The third kappa shape index (κ3) is 4.93. The number of aryl methyl sites for hydroxylation is 1. The van der Waals surface area contributed by atoms with Gasteiger partial charge in [0.25, 0.3) is 0 Å². The molecule has 0 aliphatic heterocycles. The van der Waals surface area contributed by atoms with E-state index in [9.17, 15) is 13.5 Å². The molecule has 19 heavy (non-hydrogen) atoms. The Morgan fingerprint density at radius 1 is 1.21 bits per heavy atom. The van der Waals surface area contributed by atoms with Crippen molar-refractivity contribution in [3.63, 3.8) is 0 Å². The molecule has 0 radical (unpaired) electrons. The fourth-order valence-corrected chi connectivity index (χ4v) is 3.03. The van der Waals surface area contributed by atoms with Crippen LogP contribution in [0.4, 0.5) is 0 Å². The van der Waals surface area contributed by atoms with Gasteiger partial charge in [-0.15, -0.1) is 0 Å². The summed E-state index contributed by atoms with van der Waals surface area (Å²) in [6.07, 6.45) is 2.24. The zero-order valence-corrected chi connectivity index (χ0v) is 12.6. The highest BCUT2D eigenvalue weighted by atomic mass is 32.2. The molecule has 1 atom stereocenters. The average Bonchev–Trinajstić information content (AvgIpc) is 2.37. The molecule has 0 fully saturated rings. The number of aliphatic hydroxyl groups is 1. The van der Waals surface area contributed by atoms with Gasteiger partial charge >= 0.3 is 0 Å². The lowest BCUT2D eigenvalue weighted by molar-refractivity contribution is 0.0554. The van der Waals surface area contributed by atoms with Crippen LogP contribution < -0.4 is 4.72 Å². The number of benzene rings is 1. The number of hydrogen-bond donors (Lipinski definition) is 2. The summed E-state index contributed by atoms with van der Waals surface area (Å²) in [5, 5.41) is 9.98. The molecule has 4 nitrogen and oxygen atoms in total. The third-order valence-corrected chi connectivity index (χ3v) is 4.49. The SMILES string of the molecule is CCCC(C)(O)CNS(=O)(=O)c1ccc(CC)cc1. The molecule has 0 spiro atoms. The van der Waals surface area contributed by atoms with Crippen molar-refractivity contribution in [3.05, 3.63) is 29.8 Å². The van der Waals surface area contributed by atoms with Gasteiger partial charge in [-0.25, -0.2) is 13.1 Å². The Labute approximate surface area is 115 Å². The number of rotatable bonds is 7. The molecule has 1 rings (SSSR count). The van der Waals surface area contributed by atoms with Crippen LogP contribution in [-0.2, 0) is 16.4 Å². The zero-order chi connectivity index (χ0) is 14.5. The van der Waals surface area contributed by atoms with E-state index in [-0.39, 0.29) is 11.4 Å². The minimum absolute atomic E-state index is 0.0265. The van der Waals surface area contributed by atoms with E-state index in [1.165, 1.54) is 0 Å². The van der Waals surface area contributed by atoms with E-state index in [4.69, 9.17) is 0 Å². The number of nitrogens with one attached hydrogen (secondary N) is 1. The lowest BCUT2D eigenvalue weighted by Gasteiger charge is -2.22. The lowest BCUT2D eigenvalue weighted by atomic mass is 10.0. The summed E-state index contributed by atoms with van der Waals surface area (Å²) >= 11 is 0. The maximum Gasteiger partial charge on any atom is 0.240 e. The quantitative estimate of drug-likeness (QED) is 0.806. The number of sulfonamides is 1. The van der Waals surface area contributed by atoms with E-state index < -0.39 is 15.6 Å². The molecule has 0 heterocycles. The standard InChI is InChI=1S/C14H23NO3S/c1-4-10-14(3,16)11-15-19(17,18)13-8-6-12(5-2)7-9-13/h6-9,15-16H,4-5,10-11H2,1-3H3. The van der Waals surface area contributed by atoms with Crippen LogP contribution in [0.1, 0.15) is 39.2 Å². The summed E-state index contributed by atoms with van der Waals surface area (Å²) in [6, 6.07) is 6.79. The Balaban J connectivity index is 2.75. The van der Waals surface area contributed by atoms with Gasteiger partial charge < -0.3 is 5.11 Å². The summed E-state index contributed by atoms with van der Waals surface area (Å²) in [5.74, 6) is 0. The molecule has 1 unspecified atom stereocenters. The van der Waals surface area contributed by atoms with Gasteiger partial charge in [0.15, 0.2) is 0 Å². The Kier molecular flexibility index (Phi) is 5.52. The van der Waals surface area contributed by atoms with E-state index in [0.29, 0.717) is 6.42 Å². The van der Waals surface area contributed by atoms with E-state index in [0.717, 1.165) is 18.4 Å². The first-order chi connectivity index (χ1) is 8.80. The highest BCUT2D eigenvalue weighted by Crippen LogP contribution is 2.14. The summed E-state index contributed by atoms with van der Waals surface area (Å²) in [5.41, 5.74) is 0.0856. The van der Waals surface area contributed by atoms with Gasteiger partial charge in [-0.1, -0.05) is 32.4 Å². The van der Waals surface area contributed by atoms with Gasteiger partial charge in [0, 0.05) is 6.54 Å². The molecule has 0 aromatic heterocycles. The fraction of sp³-hybridized carbons (Fsp3) is 0.571. The molecule has 1 aromatic carbocycles. The molecule has 1 aromatic rings. The van der Waals surface area contributed by atoms with Gasteiger partial charge in [0.1, 0.15) is 0 Å². The molecule has 108 valence electrons. The third-order valence-electron chi connectivity index (χ3n) is 3.07. The van der Waals surface area contributed by atoms with Crippen LogP contribution >= 0.6 is 0 Å². The fourth-order valence-electron chi connectivity index (χ4n) is 1.87. The van der Waals surface area contributed by atoms with Crippen LogP contribution in [0.2, 0.25) is 0 Å². The second kappa shape index (κ2) is 6.50. The molecule has 0 saturated carbocycles. The maximum absolute atomic E-state index is 12.1. The van der Waals surface area contributed by atoms with Crippen LogP contribution in [0.15, 0.2) is 29.2 Å². The van der Waals surface area contributed by atoms with Crippen LogP contribution in [0, 0.1) is 0 Å². The Bertz CT molecular complexity index is 492. The topological polar surface area (TPSA) is 66.4 Å². The summed E-state index contributed by atoms with van der Waals surface area (Å²) in [6.45, 7) is 5.63. The van der Waals surface area contributed by atoms with E-state index >= 15 is 0 Å². The summed E-state index contributed by atoms with van der Waals surface area (Å²) < 4.78 is 26.6. The van der Waals surface area contributed by atoms with Crippen LogP contribution in [0.25, 0.3) is 0 Å². The molecular formula is C14H23NO3S. The van der Waals surface area contributed by atoms with Gasteiger partial charge in [-0.2, -0.15) is 0 Å². The zero-order valence-electron chi connectivity index (χ0n) is 11.8. The first kappa shape index (κ1) is 16.1. The van der Waals surface area contributed by atoms with Crippen LogP contribution in [0.5, 0.6) is 0 Å². The van der Waals surface area contributed by atoms with E-state index in [1.807, 2.05) is 13.8 Å². The summed E-state index contributed by atoms with van der Waals surface area (Å²) in [4.78, 5) is 0.233. The van der Waals surface area contributed by atoms with Crippen molar-refractivity contribution in [2.24, 2.45) is 0 Å². The predicted octanol–water partition coefficient (Wildman–Crippen LogP) is 2.08. The summed E-state index contributed by atoms with van der Waals surface area (Å²) in [7, 11) is -3.55. The first-order valence-corrected chi connectivity index (χ1v) is 8.10. The molecule has 5 heteroatoms. The second-order valence-electron chi connectivity index (χ2n) is 5.07. The van der Waals surface area contributed by atoms with E-state index in [1.54, 1.807) is 31.2 Å². The molecule has 0 aliphatic rings. The molecule has 0 aliphatic carbocycles. The van der Waals surface area contributed by atoms with Crippen molar-refractivity contribution in [2.45, 2.75) is 50.5 Å². The maximum atomic E-state index is 12.1. The first-order valence-electron chi connectivity index (χ1n) is 6.61. The smallest absolute Gasteiger partial charge is 0.240 e. The minimum atomic E-state index is -3.55. The molecule has 2 N–H and O–H groups in total. The second-order valence-corrected chi connectivity index (χ2v) is 6.84. The van der Waals surface area contributed by atoms with Gasteiger partial charge in [-0.05, 0) is 37.5 Å². The molecule has 0 bridgehead atoms. The largest absolute Gasteiger partial charge is 0.389 e. The molecular weight excluding hydrogens is 262 g/mol. The Morgan fingerprint density at radius 3 is 2.26 bits per heavy atom. The van der Waals surface area contributed by atoms with Crippen LogP contribution in [-0.4, -0.2) is 25.7 Å². The van der Waals surface area contributed by atoms with Crippen molar-refractivity contribution in [2.75, 3.05) is 6.54 Å². The minimum Gasteiger partial charge on any atom is -0.389 e. The van der Waals surface area contributed by atoms with Gasteiger partial charge in [-0.3, -0.25) is 0 Å². The highest BCUT2D eigenvalue weighted by Gasteiger charge is 2.23. The normalized spacial score (nSPS) is 15.2. The van der Waals surface area contributed by atoms with Crippen molar-refractivity contribution in [3.8, 4) is 0 Å². The monoisotopic (exact) mass is 285 g/mol. The van der Waals surface area contributed by atoms with Gasteiger partial charge in [0.05, 0.1) is 10.5 Å². The predicted molar refractivity (Wildman–Crippen MR) is 76.5 cm³/mol. The Morgan fingerprint density at radius 2 is 1.79 bits per heavy atom. The van der Waals surface area contributed by atoms with E-state index in [2.05, 4.69) is 4.72 Å². The number of hydrogen-bond acceptors (Lipinski definition) is 3. The van der Waals surface area contributed by atoms with Crippen molar-refractivity contribution in [1.29, 1.82) is 0 Å². The van der Waals surface area contributed by atoms with Crippen molar-refractivity contribution in [1.82, 2.24) is 4.72 Å². The molecule has 0 amide bonds.